The summed E-state index contributed by atoms with van der Waals surface area (Å²) >= 11 is 6.00. The number of unbranched alkanes of at least 4 members (excludes halogenated alkanes) is 1. The molecule has 3 rings (SSSR count). The van der Waals surface area contributed by atoms with E-state index in [1.165, 1.54) is 0 Å². The van der Waals surface area contributed by atoms with E-state index in [0.29, 0.717) is 11.0 Å². The molecule has 3 aromatic rings. The molecule has 0 atom stereocenters. The van der Waals surface area contributed by atoms with Crippen molar-refractivity contribution in [3.8, 4) is 0 Å². The summed E-state index contributed by atoms with van der Waals surface area (Å²) in [5.74, 6) is 0.567. The molecule has 0 unspecified atom stereocenters. The quantitative estimate of drug-likeness (QED) is 0.648. The summed E-state index contributed by atoms with van der Waals surface area (Å²) in [5.41, 5.74) is 1.98. The van der Waals surface area contributed by atoms with E-state index >= 15 is 0 Å². The third-order valence-corrected chi connectivity index (χ3v) is 3.62. The van der Waals surface area contributed by atoms with Crippen LogP contribution >= 0.6 is 11.6 Å². The summed E-state index contributed by atoms with van der Waals surface area (Å²) in [4.78, 5) is 8.41. The lowest BCUT2D eigenvalue weighted by Crippen LogP contribution is -2.08. The molecular formula is C16H17ClN6. The van der Waals surface area contributed by atoms with Gasteiger partial charge in [0, 0.05) is 35.4 Å². The summed E-state index contributed by atoms with van der Waals surface area (Å²) in [7, 11) is 0. The molecule has 0 saturated heterocycles. The second-order valence-electron chi connectivity index (χ2n) is 5.05. The minimum Gasteiger partial charge on any atom is -0.384 e. The Balaban J connectivity index is 1.46. The monoisotopic (exact) mass is 328 g/mol. The van der Waals surface area contributed by atoms with Gasteiger partial charge >= 0.3 is 0 Å². The predicted octanol–water partition coefficient (Wildman–Crippen LogP) is 3.38. The van der Waals surface area contributed by atoms with Crippen molar-refractivity contribution in [3.05, 3.63) is 47.9 Å². The molecule has 0 aliphatic rings. The minimum absolute atomic E-state index is 0.567. The number of benzene rings is 1. The van der Waals surface area contributed by atoms with E-state index < -0.39 is 0 Å². The molecule has 6 nitrogen and oxygen atoms in total. The van der Waals surface area contributed by atoms with Crippen molar-refractivity contribution in [1.29, 1.82) is 0 Å². The van der Waals surface area contributed by atoms with Crippen LogP contribution in [0, 0.1) is 0 Å². The molecule has 0 aliphatic heterocycles. The number of pyridine rings is 1. The Morgan fingerprint density at radius 3 is 2.61 bits per heavy atom. The van der Waals surface area contributed by atoms with Crippen LogP contribution in [0.2, 0.25) is 5.02 Å². The number of anilines is 2. The number of nitrogens with one attached hydrogen (secondary N) is 2. The van der Waals surface area contributed by atoms with Crippen LogP contribution in [0.1, 0.15) is 12.8 Å². The molecule has 2 heterocycles. The number of halogens is 1. The maximum atomic E-state index is 6.00. The van der Waals surface area contributed by atoms with E-state index in [1.54, 1.807) is 18.6 Å². The van der Waals surface area contributed by atoms with Crippen molar-refractivity contribution >= 4 is 34.1 Å². The van der Waals surface area contributed by atoms with Crippen LogP contribution in [0.15, 0.2) is 42.9 Å². The van der Waals surface area contributed by atoms with Crippen molar-refractivity contribution in [2.75, 3.05) is 23.7 Å². The predicted molar refractivity (Wildman–Crippen MR) is 92.8 cm³/mol. The second kappa shape index (κ2) is 7.69. The Morgan fingerprint density at radius 1 is 0.913 bits per heavy atom. The topological polar surface area (TPSA) is 75.6 Å². The number of hydrogen-bond acceptors (Lipinski definition) is 6. The van der Waals surface area contributed by atoms with Crippen LogP contribution in [0.5, 0.6) is 0 Å². The first-order chi connectivity index (χ1) is 11.3. The van der Waals surface area contributed by atoms with Gasteiger partial charge in [-0.2, -0.15) is 5.10 Å². The van der Waals surface area contributed by atoms with Crippen LogP contribution in [-0.2, 0) is 0 Å². The Labute approximate surface area is 139 Å². The molecule has 0 radical (unpaired) electrons. The first-order valence-electron chi connectivity index (χ1n) is 7.48. The van der Waals surface area contributed by atoms with Crippen LogP contribution in [0.3, 0.4) is 0 Å². The van der Waals surface area contributed by atoms with Crippen LogP contribution in [0.4, 0.5) is 11.6 Å². The van der Waals surface area contributed by atoms with Gasteiger partial charge in [0.15, 0.2) is 0 Å². The lowest BCUT2D eigenvalue weighted by Gasteiger charge is -2.09. The summed E-state index contributed by atoms with van der Waals surface area (Å²) < 4.78 is 0. The van der Waals surface area contributed by atoms with Crippen LogP contribution < -0.4 is 10.6 Å². The van der Waals surface area contributed by atoms with E-state index in [1.807, 2.05) is 24.3 Å². The van der Waals surface area contributed by atoms with Crippen molar-refractivity contribution in [2.24, 2.45) is 0 Å². The number of hydrogen-bond donors (Lipinski definition) is 2. The molecule has 2 N–H and O–H groups in total. The first kappa shape index (κ1) is 15.4. The SMILES string of the molecule is Clc1ccc2c(NCCCCNc3nccnn3)ccnc2c1. The van der Waals surface area contributed by atoms with Crippen molar-refractivity contribution in [1.82, 2.24) is 20.2 Å². The summed E-state index contributed by atoms with van der Waals surface area (Å²) in [6, 6.07) is 7.74. The number of nitrogens with zero attached hydrogens (tertiary/aromatic N) is 4. The summed E-state index contributed by atoms with van der Waals surface area (Å²) in [5, 5.41) is 16.0. The third kappa shape index (κ3) is 4.26. The molecule has 118 valence electrons. The van der Waals surface area contributed by atoms with Gasteiger partial charge in [0.2, 0.25) is 5.95 Å². The molecule has 0 bridgehead atoms. The maximum absolute atomic E-state index is 6.00. The molecular weight excluding hydrogens is 312 g/mol. The Hall–Kier alpha value is -2.47. The zero-order valence-electron chi connectivity index (χ0n) is 12.5. The minimum atomic E-state index is 0.567. The fourth-order valence-corrected chi connectivity index (χ4v) is 2.44. The summed E-state index contributed by atoms with van der Waals surface area (Å²) in [6.07, 6.45) is 7.02. The fraction of sp³-hybridized carbons (Fsp3) is 0.250. The second-order valence-corrected chi connectivity index (χ2v) is 5.48. The van der Waals surface area contributed by atoms with Crippen molar-refractivity contribution in [3.63, 3.8) is 0 Å². The summed E-state index contributed by atoms with van der Waals surface area (Å²) in [6.45, 7) is 1.71. The van der Waals surface area contributed by atoms with Crippen LogP contribution in [0.25, 0.3) is 10.9 Å². The average Bonchev–Trinajstić information content (AvgIpc) is 2.58. The molecule has 0 spiro atoms. The van der Waals surface area contributed by atoms with Crippen molar-refractivity contribution in [2.45, 2.75) is 12.8 Å². The van der Waals surface area contributed by atoms with Gasteiger partial charge in [0.25, 0.3) is 0 Å². The molecule has 0 aliphatic carbocycles. The van der Waals surface area contributed by atoms with Gasteiger partial charge in [-0.25, -0.2) is 4.98 Å². The van der Waals surface area contributed by atoms with E-state index in [-0.39, 0.29) is 0 Å². The Bertz CT molecular complexity index is 765. The zero-order chi connectivity index (χ0) is 15.9. The van der Waals surface area contributed by atoms with Crippen molar-refractivity contribution < 1.29 is 0 Å². The number of rotatable bonds is 7. The lowest BCUT2D eigenvalue weighted by atomic mass is 10.2. The molecule has 0 amide bonds. The highest BCUT2D eigenvalue weighted by Crippen LogP contribution is 2.24. The smallest absolute Gasteiger partial charge is 0.242 e. The first-order valence-corrected chi connectivity index (χ1v) is 7.86. The Morgan fingerprint density at radius 2 is 1.78 bits per heavy atom. The molecule has 1 aromatic carbocycles. The van der Waals surface area contributed by atoms with Gasteiger partial charge in [-0.05, 0) is 37.1 Å². The number of fused-ring (bicyclic) bond motifs is 1. The maximum Gasteiger partial charge on any atom is 0.242 e. The highest BCUT2D eigenvalue weighted by Gasteiger charge is 2.02. The van der Waals surface area contributed by atoms with E-state index in [9.17, 15) is 0 Å². The van der Waals surface area contributed by atoms with Gasteiger partial charge in [-0.15, -0.1) is 5.10 Å². The molecule has 0 fully saturated rings. The van der Waals surface area contributed by atoms with Gasteiger partial charge in [0.05, 0.1) is 17.9 Å². The molecule has 7 heteroatoms. The standard InChI is InChI=1S/C16H17ClN6/c17-12-3-4-13-14(5-8-19-15(13)11-12)18-6-1-2-7-20-16-21-9-10-22-23-16/h3-5,8-11H,1-2,6-7H2,(H,18,19)(H,20,21,23). The largest absolute Gasteiger partial charge is 0.384 e. The van der Waals surface area contributed by atoms with Gasteiger partial charge < -0.3 is 10.6 Å². The number of aromatic nitrogens is 4. The molecule has 0 saturated carbocycles. The highest BCUT2D eigenvalue weighted by atomic mass is 35.5. The zero-order valence-corrected chi connectivity index (χ0v) is 13.3. The normalized spacial score (nSPS) is 10.7. The van der Waals surface area contributed by atoms with Gasteiger partial charge in [0.1, 0.15) is 0 Å². The van der Waals surface area contributed by atoms with Gasteiger partial charge in [-0.3, -0.25) is 4.98 Å². The molecule has 2 aromatic heterocycles. The Kier molecular flexibility index (Phi) is 5.16. The van der Waals surface area contributed by atoms with E-state index in [4.69, 9.17) is 11.6 Å². The fourth-order valence-electron chi connectivity index (χ4n) is 2.28. The highest BCUT2D eigenvalue weighted by molar-refractivity contribution is 6.31. The lowest BCUT2D eigenvalue weighted by molar-refractivity contribution is 0.786. The van der Waals surface area contributed by atoms with E-state index in [0.717, 1.165) is 42.5 Å². The van der Waals surface area contributed by atoms with Gasteiger partial charge in [-0.1, -0.05) is 11.6 Å². The van der Waals surface area contributed by atoms with E-state index in [2.05, 4.69) is 30.8 Å². The van der Waals surface area contributed by atoms with Crippen LogP contribution in [-0.4, -0.2) is 33.3 Å². The molecule has 23 heavy (non-hydrogen) atoms. The third-order valence-electron chi connectivity index (χ3n) is 3.39. The average molecular weight is 329 g/mol.